The maximum absolute atomic E-state index is 10.8. The van der Waals surface area contributed by atoms with Crippen molar-refractivity contribution in [3.05, 3.63) is 59.1 Å². The molecule has 4 heteroatoms. The maximum atomic E-state index is 10.8. The smallest absolute Gasteiger partial charge is 0.318 e. The van der Waals surface area contributed by atoms with Crippen LogP contribution >= 0.6 is 11.6 Å². The maximum Gasteiger partial charge on any atom is 0.331 e. The van der Waals surface area contributed by atoms with Crippen LogP contribution < -0.4 is 0 Å². The van der Waals surface area contributed by atoms with Gasteiger partial charge in [-0.05, 0) is 30.2 Å². The van der Waals surface area contributed by atoms with Crippen LogP contribution in [0.2, 0.25) is 5.02 Å². The highest BCUT2D eigenvalue weighted by Gasteiger charge is 2.08. The summed E-state index contributed by atoms with van der Waals surface area (Å²) in [5, 5.41) is 4.53. The van der Waals surface area contributed by atoms with Gasteiger partial charge >= 0.3 is 5.97 Å². The van der Waals surface area contributed by atoms with Crippen LogP contribution in [0.25, 0.3) is 11.1 Å². The Morgan fingerprint density at radius 1 is 1.05 bits per heavy atom. The van der Waals surface area contributed by atoms with Gasteiger partial charge in [0.15, 0.2) is 0 Å². The van der Waals surface area contributed by atoms with E-state index in [9.17, 15) is 4.79 Å². The number of rotatable bonds is 3. The summed E-state index contributed by atoms with van der Waals surface area (Å²) in [6.45, 7) is 3.12. The topological polar surface area (TPSA) is 38.7 Å². The molecular weight excluding hydrogens is 274 g/mol. The van der Waals surface area contributed by atoms with E-state index in [2.05, 4.69) is 5.16 Å². The van der Waals surface area contributed by atoms with Gasteiger partial charge < -0.3 is 4.84 Å². The highest BCUT2D eigenvalue weighted by Crippen LogP contribution is 2.25. The lowest BCUT2D eigenvalue weighted by Crippen LogP contribution is -2.01. The SMILES string of the molecule is CC(=O)O/N=C(\C)c1ccccc1-c1ccc(Cl)cc1. The lowest BCUT2D eigenvalue weighted by molar-refractivity contribution is -0.140. The molecule has 0 saturated carbocycles. The average molecular weight is 288 g/mol. The summed E-state index contributed by atoms with van der Waals surface area (Å²) in [4.78, 5) is 15.5. The Kier molecular flexibility index (Phi) is 4.53. The molecule has 0 fully saturated rings. The molecule has 20 heavy (non-hydrogen) atoms. The average Bonchev–Trinajstić information content (AvgIpc) is 2.45. The second kappa shape index (κ2) is 6.35. The summed E-state index contributed by atoms with van der Waals surface area (Å²) < 4.78 is 0. The first-order valence-corrected chi connectivity index (χ1v) is 6.53. The zero-order valence-corrected chi connectivity index (χ0v) is 12.0. The predicted molar refractivity (Wildman–Crippen MR) is 80.9 cm³/mol. The molecule has 3 nitrogen and oxygen atoms in total. The molecule has 0 amide bonds. The number of carbonyl (C=O) groups is 1. The van der Waals surface area contributed by atoms with Crippen LogP contribution in [0.1, 0.15) is 19.4 Å². The lowest BCUT2D eigenvalue weighted by Gasteiger charge is -2.09. The Morgan fingerprint density at radius 3 is 2.35 bits per heavy atom. The molecule has 0 aliphatic heterocycles. The van der Waals surface area contributed by atoms with Crippen LogP contribution in [0.5, 0.6) is 0 Å². The van der Waals surface area contributed by atoms with Crippen molar-refractivity contribution < 1.29 is 9.63 Å². The molecule has 102 valence electrons. The van der Waals surface area contributed by atoms with Crippen molar-refractivity contribution in [3.8, 4) is 11.1 Å². The van der Waals surface area contributed by atoms with Gasteiger partial charge in [0.1, 0.15) is 0 Å². The van der Waals surface area contributed by atoms with Crippen LogP contribution in [0, 0.1) is 0 Å². The van der Waals surface area contributed by atoms with Gasteiger partial charge in [-0.15, -0.1) is 0 Å². The molecule has 0 aromatic heterocycles. The summed E-state index contributed by atoms with van der Waals surface area (Å²) in [6.07, 6.45) is 0. The number of oxime groups is 1. The summed E-state index contributed by atoms with van der Waals surface area (Å²) in [5.74, 6) is -0.437. The molecule has 0 heterocycles. The minimum atomic E-state index is -0.437. The Balaban J connectivity index is 2.42. The Bertz CT molecular complexity index is 648. The first kappa shape index (κ1) is 14.3. The summed E-state index contributed by atoms with van der Waals surface area (Å²) in [5.41, 5.74) is 3.60. The van der Waals surface area contributed by atoms with Crippen LogP contribution in [0.15, 0.2) is 53.7 Å². The monoisotopic (exact) mass is 287 g/mol. The first-order chi connectivity index (χ1) is 9.58. The van der Waals surface area contributed by atoms with Crippen molar-refractivity contribution in [2.75, 3.05) is 0 Å². The molecule has 0 aliphatic carbocycles. The number of hydrogen-bond acceptors (Lipinski definition) is 3. The minimum Gasteiger partial charge on any atom is -0.318 e. The lowest BCUT2D eigenvalue weighted by atomic mass is 9.97. The molecule has 0 N–H and O–H groups in total. The number of hydrogen-bond donors (Lipinski definition) is 0. The zero-order valence-electron chi connectivity index (χ0n) is 11.3. The number of benzene rings is 2. The van der Waals surface area contributed by atoms with Crippen molar-refractivity contribution in [1.82, 2.24) is 0 Å². The standard InChI is InChI=1S/C16H14ClNO2/c1-11(18-20-12(2)19)15-5-3-4-6-16(15)13-7-9-14(17)10-8-13/h3-10H,1-2H3/b18-11+. The Labute approximate surface area is 122 Å². The van der Waals surface area contributed by atoms with Gasteiger partial charge in [0, 0.05) is 17.5 Å². The second-order valence-electron chi connectivity index (χ2n) is 4.31. The van der Waals surface area contributed by atoms with Gasteiger partial charge in [0.05, 0.1) is 5.71 Å². The first-order valence-electron chi connectivity index (χ1n) is 6.15. The third-order valence-corrected chi connectivity index (χ3v) is 3.04. The fourth-order valence-electron chi connectivity index (χ4n) is 1.86. The Morgan fingerprint density at radius 2 is 1.70 bits per heavy atom. The third kappa shape index (κ3) is 3.45. The van der Waals surface area contributed by atoms with Crippen LogP contribution in [-0.2, 0) is 9.63 Å². The van der Waals surface area contributed by atoms with Gasteiger partial charge in [-0.1, -0.05) is 53.2 Å². The van der Waals surface area contributed by atoms with E-state index in [0.717, 1.165) is 16.7 Å². The molecule has 2 rings (SSSR count). The van der Waals surface area contributed by atoms with Crippen LogP contribution in [0.3, 0.4) is 0 Å². The zero-order chi connectivity index (χ0) is 14.5. The van der Waals surface area contributed by atoms with Crippen molar-refractivity contribution in [1.29, 1.82) is 0 Å². The minimum absolute atomic E-state index is 0.437. The van der Waals surface area contributed by atoms with E-state index in [-0.39, 0.29) is 0 Å². The molecule has 0 spiro atoms. The quantitative estimate of drug-likeness (QED) is 0.480. The van der Waals surface area contributed by atoms with Crippen LogP contribution in [0.4, 0.5) is 0 Å². The Hall–Kier alpha value is -2.13. The summed E-state index contributed by atoms with van der Waals surface area (Å²) in [7, 11) is 0. The van der Waals surface area contributed by atoms with Crippen molar-refractivity contribution >= 4 is 23.3 Å². The van der Waals surface area contributed by atoms with E-state index in [1.54, 1.807) is 6.92 Å². The van der Waals surface area contributed by atoms with E-state index >= 15 is 0 Å². The van der Waals surface area contributed by atoms with Crippen molar-refractivity contribution in [3.63, 3.8) is 0 Å². The number of halogens is 1. The van der Waals surface area contributed by atoms with E-state index in [4.69, 9.17) is 16.4 Å². The molecule has 0 radical (unpaired) electrons. The largest absolute Gasteiger partial charge is 0.331 e. The molecule has 0 unspecified atom stereocenters. The van der Waals surface area contributed by atoms with E-state index < -0.39 is 5.97 Å². The van der Waals surface area contributed by atoms with E-state index in [0.29, 0.717) is 10.7 Å². The number of nitrogens with zero attached hydrogens (tertiary/aromatic N) is 1. The normalized spacial score (nSPS) is 11.2. The highest BCUT2D eigenvalue weighted by atomic mass is 35.5. The van der Waals surface area contributed by atoms with Gasteiger partial charge in [-0.25, -0.2) is 4.79 Å². The van der Waals surface area contributed by atoms with Crippen molar-refractivity contribution in [2.24, 2.45) is 5.16 Å². The fourth-order valence-corrected chi connectivity index (χ4v) is 1.99. The number of carbonyl (C=O) groups excluding carboxylic acids is 1. The van der Waals surface area contributed by atoms with E-state index in [1.165, 1.54) is 6.92 Å². The summed E-state index contributed by atoms with van der Waals surface area (Å²) in [6, 6.07) is 15.4. The molecule has 0 saturated heterocycles. The third-order valence-electron chi connectivity index (χ3n) is 2.78. The van der Waals surface area contributed by atoms with Crippen molar-refractivity contribution in [2.45, 2.75) is 13.8 Å². The fraction of sp³-hybridized carbons (Fsp3) is 0.125. The summed E-state index contributed by atoms with van der Waals surface area (Å²) >= 11 is 5.90. The highest BCUT2D eigenvalue weighted by molar-refractivity contribution is 6.30. The molecule has 0 aliphatic rings. The second-order valence-corrected chi connectivity index (χ2v) is 4.75. The van der Waals surface area contributed by atoms with Gasteiger partial charge in [0.25, 0.3) is 0 Å². The van der Waals surface area contributed by atoms with Crippen LogP contribution in [-0.4, -0.2) is 11.7 Å². The molecule has 0 bridgehead atoms. The predicted octanol–water partition coefficient (Wildman–Crippen LogP) is 4.29. The van der Waals surface area contributed by atoms with E-state index in [1.807, 2.05) is 48.5 Å². The molecule has 2 aromatic rings. The van der Waals surface area contributed by atoms with Gasteiger partial charge in [-0.3, -0.25) is 0 Å². The molecule has 0 atom stereocenters. The van der Waals surface area contributed by atoms with Gasteiger partial charge in [0.2, 0.25) is 0 Å². The molecular formula is C16H14ClNO2. The van der Waals surface area contributed by atoms with Gasteiger partial charge in [-0.2, -0.15) is 0 Å². The molecule has 2 aromatic carbocycles.